The van der Waals surface area contributed by atoms with Crippen LogP contribution in [0.1, 0.15) is 43.4 Å². The van der Waals surface area contributed by atoms with Crippen molar-refractivity contribution >= 4 is 23.2 Å². The summed E-state index contributed by atoms with van der Waals surface area (Å²) in [6, 6.07) is 26.6. The minimum Gasteiger partial charge on any atom is -0.484 e. The summed E-state index contributed by atoms with van der Waals surface area (Å²) in [7, 11) is 0. The normalized spacial score (nSPS) is 21.9. The molecule has 1 amide bonds. The Morgan fingerprint density at radius 3 is 2.39 bits per heavy atom. The molecule has 0 aromatic heterocycles. The average Bonchev–Trinajstić information content (AvgIpc) is 2.96. The molecule has 200 valence electrons. The number of ether oxygens (including phenoxy) is 2. The number of hydrogen-bond acceptors (Lipinski definition) is 4. The Balaban J connectivity index is 1.17. The molecule has 0 aliphatic carbocycles. The van der Waals surface area contributed by atoms with Gasteiger partial charge in [0.1, 0.15) is 5.75 Å². The van der Waals surface area contributed by atoms with E-state index in [1.54, 1.807) is 0 Å². The minimum absolute atomic E-state index is 0.00358. The maximum absolute atomic E-state index is 12.9. The van der Waals surface area contributed by atoms with E-state index in [9.17, 15) is 4.79 Å². The molecular formula is C32H37ClN2O3. The second-order valence-electron chi connectivity index (χ2n) is 10.7. The molecule has 2 saturated heterocycles. The van der Waals surface area contributed by atoms with Crippen molar-refractivity contribution in [3.8, 4) is 5.75 Å². The molecule has 0 N–H and O–H groups in total. The first-order valence-corrected chi connectivity index (χ1v) is 14.0. The lowest BCUT2D eigenvalue weighted by atomic mass is 9.76. The molecule has 2 aliphatic rings. The van der Waals surface area contributed by atoms with Crippen LogP contribution in [0.4, 0.5) is 5.69 Å². The predicted molar refractivity (Wildman–Crippen MR) is 153 cm³/mol. The summed E-state index contributed by atoms with van der Waals surface area (Å²) in [5, 5.41) is 0.758. The monoisotopic (exact) mass is 532 g/mol. The summed E-state index contributed by atoms with van der Waals surface area (Å²) in [4.78, 5) is 17.1. The summed E-state index contributed by atoms with van der Waals surface area (Å²) < 4.78 is 12.5. The molecule has 6 heteroatoms. The fourth-order valence-electron chi connectivity index (χ4n) is 5.67. The average molecular weight is 533 g/mol. The van der Waals surface area contributed by atoms with Crippen molar-refractivity contribution < 1.29 is 14.3 Å². The van der Waals surface area contributed by atoms with Crippen molar-refractivity contribution in [2.24, 2.45) is 11.8 Å². The van der Waals surface area contributed by atoms with Gasteiger partial charge in [0, 0.05) is 42.8 Å². The largest absolute Gasteiger partial charge is 0.484 e. The number of halogens is 1. The Labute approximate surface area is 231 Å². The third kappa shape index (κ3) is 6.33. The van der Waals surface area contributed by atoms with E-state index in [2.05, 4.69) is 61.2 Å². The molecule has 2 heterocycles. The zero-order valence-electron chi connectivity index (χ0n) is 22.3. The van der Waals surface area contributed by atoms with Crippen LogP contribution in [-0.2, 0) is 9.53 Å². The highest BCUT2D eigenvalue weighted by molar-refractivity contribution is 6.30. The van der Waals surface area contributed by atoms with Crippen LogP contribution in [0.25, 0.3) is 0 Å². The molecule has 2 fully saturated rings. The van der Waals surface area contributed by atoms with Gasteiger partial charge in [-0.3, -0.25) is 4.79 Å². The van der Waals surface area contributed by atoms with Crippen molar-refractivity contribution in [2.75, 3.05) is 44.3 Å². The van der Waals surface area contributed by atoms with Crippen LogP contribution in [0.5, 0.6) is 5.75 Å². The second-order valence-corrected chi connectivity index (χ2v) is 11.1. The Morgan fingerprint density at radius 1 is 0.947 bits per heavy atom. The number of anilines is 1. The molecule has 38 heavy (non-hydrogen) atoms. The number of benzene rings is 3. The van der Waals surface area contributed by atoms with Gasteiger partial charge in [0.15, 0.2) is 6.61 Å². The number of carbonyl (C=O) groups is 1. The van der Waals surface area contributed by atoms with Gasteiger partial charge in [0.2, 0.25) is 0 Å². The first kappa shape index (κ1) is 26.6. The van der Waals surface area contributed by atoms with Gasteiger partial charge in [-0.2, -0.15) is 0 Å². The maximum Gasteiger partial charge on any atom is 0.260 e. The van der Waals surface area contributed by atoms with Crippen molar-refractivity contribution in [3.05, 3.63) is 95.0 Å². The molecule has 2 aliphatic heterocycles. The molecule has 0 unspecified atom stereocenters. The summed E-state index contributed by atoms with van der Waals surface area (Å²) in [6.07, 6.45) is 1.06. The quantitative estimate of drug-likeness (QED) is 0.344. The van der Waals surface area contributed by atoms with E-state index in [1.165, 1.54) is 11.3 Å². The van der Waals surface area contributed by atoms with Crippen LogP contribution in [-0.4, -0.2) is 50.2 Å². The van der Waals surface area contributed by atoms with Gasteiger partial charge >= 0.3 is 0 Å². The van der Waals surface area contributed by atoms with Crippen molar-refractivity contribution in [3.63, 3.8) is 0 Å². The van der Waals surface area contributed by atoms with E-state index in [0.717, 1.165) is 30.1 Å². The van der Waals surface area contributed by atoms with Gasteiger partial charge in [0.05, 0.1) is 12.7 Å². The number of para-hydroxylation sites is 1. The summed E-state index contributed by atoms with van der Waals surface area (Å²) in [6.45, 7) is 8.33. The van der Waals surface area contributed by atoms with Crippen LogP contribution in [0.3, 0.4) is 0 Å². The molecule has 0 saturated carbocycles. The van der Waals surface area contributed by atoms with Crippen LogP contribution in [0, 0.1) is 11.8 Å². The summed E-state index contributed by atoms with van der Waals surface area (Å²) in [5.41, 5.74) is 3.59. The van der Waals surface area contributed by atoms with Crippen molar-refractivity contribution in [2.45, 2.75) is 32.3 Å². The lowest BCUT2D eigenvalue weighted by Crippen LogP contribution is -2.50. The van der Waals surface area contributed by atoms with E-state index >= 15 is 0 Å². The minimum atomic E-state index is 0.00358. The number of carbonyl (C=O) groups excluding carboxylic acids is 1. The summed E-state index contributed by atoms with van der Waals surface area (Å²) >= 11 is 6.10. The lowest BCUT2D eigenvalue weighted by molar-refractivity contribution is -0.133. The molecule has 0 bridgehead atoms. The topological polar surface area (TPSA) is 42.0 Å². The summed E-state index contributed by atoms with van der Waals surface area (Å²) in [5.74, 6) is 1.95. The van der Waals surface area contributed by atoms with Gasteiger partial charge in [-0.15, -0.1) is 0 Å². The molecule has 5 rings (SSSR count). The van der Waals surface area contributed by atoms with Gasteiger partial charge in [0.25, 0.3) is 5.91 Å². The third-order valence-electron chi connectivity index (χ3n) is 7.92. The lowest BCUT2D eigenvalue weighted by Gasteiger charge is -2.39. The fourth-order valence-corrected chi connectivity index (χ4v) is 5.79. The van der Waals surface area contributed by atoms with E-state index < -0.39 is 0 Å². The van der Waals surface area contributed by atoms with E-state index in [-0.39, 0.29) is 18.6 Å². The Morgan fingerprint density at radius 2 is 1.68 bits per heavy atom. The maximum atomic E-state index is 12.9. The predicted octanol–water partition coefficient (Wildman–Crippen LogP) is 6.59. The number of nitrogens with zero attached hydrogens (tertiary/aromatic N) is 2. The highest BCUT2D eigenvalue weighted by atomic mass is 35.5. The second kappa shape index (κ2) is 12.2. The molecule has 3 atom stereocenters. The number of amides is 1. The standard InChI is InChI=1S/C32H37ClN2O3/c1-23(2)30-20-26(24-11-13-27(33)14-12-24)21-38-32(30)25-7-6-10-29(19-25)37-22-31(36)35-17-15-34(16-18-35)28-8-4-3-5-9-28/h3-14,19,23,26,30,32H,15-18,20-22H2,1-2H3/t26-,30-,32-/m0/s1. The number of rotatable bonds is 7. The molecule has 5 nitrogen and oxygen atoms in total. The molecular weight excluding hydrogens is 496 g/mol. The zero-order chi connectivity index (χ0) is 26.5. The molecule has 3 aromatic carbocycles. The van der Waals surface area contributed by atoms with E-state index in [1.807, 2.05) is 41.3 Å². The Bertz CT molecular complexity index is 1190. The van der Waals surface area contributed by atoms with Crippen molar-refractivity contribution in [1.29, 1.82) is 0 Å². The van der Waals surface area contributed by atoms with E-state index in [0.29, 0.717) is 43.2 Å². The third-order valence-corrected chi connectivity index (χ3v) is 8.17. The number of hydrogen-bond donors (Lipinski definition) is 0. The van der Waals surface area contributed by atoms with Crippen LogP contribution in [0.2, 0.25) is 5.02 Å². The van der Waals surface area contributed by atoms with Gasteiger partial charge in [-0.1, -0.05) is 67.9 Å². The van der Waals surface area contributed by atoms with Crippen molar-refractivity contribution in [1.82, 2.24) is 4.90 Å². The Hall–Kier alpha value is -3.02. The van der Waals surface area contributed by atoms with Gasteiger partial charge < -0.3 is 19.3 Å². The highest BCUT2D eigenvalue weighted by Crippen LogP contribution is 2.44. The zero-order valence-corrected chi connectivity index (χ0v) is 23.0. The number of piperazine rings is 1. The molecule has 0 radical (unpaired) electrons. The SMILES string of the molecule is CC(C)[C@@H]1C[C@H](c2ccc(Cl)cc2)CO[C@H]1c1cccc(OCC(=O)N2CCN(c3ccccc3)CC2)c1. The van der Waals surface area contributed by atoms with Crippen LogP contribution in [0.15, 0.2) is 78.9 Å². The smallest absolute Gasteiger partial charge is 0.260 e. The Kier molecular flexibility index (Phi) is 8.55. The van der Waals surface area contributed by atoms with E-state index in [4.69, 9.17) is 21.1 Å². The first-order chi connectivity index (χ1) is 18.5. The molecule has 3 aromatic rings. The fraction of sp³-hybridized carbons (Fsp3) is 0.406. The van der Waals surface area contributed by atoms with Crippen LogP contribution < -0.4 is 9.64 Å². The first-order valence-electron chi connectivity index (χ1n) is 13.7. The van der Waals surface area contributed by atoms with Gasteiger partial charge in [-0.05, 0) is 65.8 Å². The van der Waals surface area contributed by atoms with Crippen LogP contribution >= 0.6 is 11.6 Å². The van der Waals surface area contributed by atoms with Gasteiger partial charge in [-0.25, -0.2) is 0 Å². The molecule has 0 spiro atoms. The highest BCUT2D eigenvalue weighted by Gasteiger charge is 2.35.